The van der Waals surface area contributed by atoms with Gasteiger partial charge in [-0.2, -0.15) is 0 Å². The third-order valence-electron chi connectivity index (χ3n) is 3.88. The normalized spacial score (nSPS) is 21.4. The van der Waals surface area contributed by atoms with Crippen molar-refractivity contribution in [2.45, 2.75) is 65.0 Å². The first-order valence-electron chi connectivity index (χ1n) is 6.85. The summed E-state index contributed by atoms with van der Waals surface area (Å²) in [5.74, 6) is 0.868. The third kappa shape index (κ3) is 3.52. The van der Waals surface area contributed by atoms with Crippen molar-refractivity contribution in [2.24, 2.45) is 5.92 Å². The fourth-order valence-corrected chi connectivity index (χ4v) is 3.59. The molecule has 17 heavy (non-hydrogen) atoms. The van der Waals surface area contributed by atoms with Crippen LogP contribution in [-0.4, -0.2) is 11.0 Å². The molecule has 2 unspecified atom stereocenters. The molecule has 1 aromatic heterocycles. The molecule has 1 aromatic rings. The summed E-state index contributed by atoms with van der Waals surface area (Å²) in [6.07, 6.45) is 9.05. The Hall–Kier alpha value is -0.410. The zero-order valence-corrected chi connectivity index (χ0v) is 12.0. The van der Waals surface area contributed by atoms with Crippen molar-refractivity contribution in [3.05, 3.63) is 16.1 Å². The predicted molar refractivity (Wildman–Crippen MR) is 74.4 cm³/mol. The summed E-state index contributed by atoms with van der Waals surface area (Å²) in [4.78, 5) is 5.77. The second kappa shape index (κ2) is 5.96. The molecule has 96 valence electrons. The largest absolute Gasteiger partial charge is 0.305 e. The fraction of sp³-hybridized carbons (Fsp3) is 0.786. The van der Waals surface area contributed by atoms with Gasteiger partial charge >= 0.3 is 0 Å². The minimum atomic E-state index is 0.394. The summed E-state index contributed by atoms with van der Waals surface area (Å²) in [6.45, 7) is 6.70. The first-order valence-corrected chi connectivity index (χ1v) is 7.67. The van der Waals surface area contributed by atoms with E-state index in [-0.39, 0.29) is 0 Å². The van der Waals surface area contributed by atoms with Gasteiger partial charge in [-0.05, 0) is 39.5 Å². The number of hydrogen-bond donors (Lipinski definition) is 1. The molecule has 0 aromatic carbocycles. The van der Waals surface area contributed by atoms with Crippen LogP contribution in [0.3, 0.4) is 0 Å². The number of nitrogens with zero attached hydrogens (tertiary/aromatic N) is 1. The van der Waals surface area contributed by atoms with E-state index in [1.54, 1.807) is 0 Å². The minimum absolute atomic E-state index is 0.394. The molecule has 0 saturated heterocycles. The zero-order chi connectivity index (χ0) is 12.3. The highest BCUT2D eigenvalue weighted by Gasteiger charge is 2.22. The average molecular weight is 252 g/mol. The topological polar surface area (TPSA) is 24.9 Å². The van der Waals surface area contributed by atoms with Gasteiger partial charge in [0.05, 0.1) is 6.04 Å². The van der Waals surface area contributed by atoms with E-state index in [1.807, 2.05) is 17.5 Å². The monoisotopic (exact) mass is 252 g/mol. The van der Waals surface area contributed by atoms with Gasteiger partial charge in [-0.15, -0.1) is 11.3 Å². The van der Waals surface area contributed by atoms with Gasteiger partial charge in [0, 0.05) is 17.1 Å². The van der Waals surface area contributed by atoms with Crippen LogP contribution in [0.4, 0.5) is 0 Å². The smallest absolute Gasteiger partial charge is 0.109 e. The average Bonchev–Trinajstić information content (AvgIpc) is 2.77. The Morgan fingerprint density at radius 2 is 2.00 bits per heavy atom. The van der Waals surface area contributed by atoms with E-state index < -0.39 is 0 Å². The van der Waals surface area contributed by atoms with Crippen molar-refractivity contribution in [3.8, 4) is 0 Å². The van der Waals surface area contributed by atoms with Gasteiger partial charge in [0.15, 0.2) is 0 Å². The van der Waals surface area contributed by atoms with Crippen LogP contribution in [0, 0.1) is 12.8 Å². The lowest BCUT2D eigenvalue weighted by Crippen LogP contribution is -2.36. The molecule has 3 heteroatoms. The van der Waals surface area contributed by atoms with E-state index in [0.717, 1.165) is 5.92 Å². The van der Waals surface area contributed by atoms with Crippen molar-refractivity contribution in [1.29, 1.82) is 0 Å². The van der Waals surface area contributed by atoms with Crippen LogP contribution in [0.2, 0.25) is 0 Å². The Balaban J connectivity index is 1.87. The maximum absolute atomic E-state index is 4.47. The highest BCUT2D eigenvalue weighted by molar-refractivity contribution is 7.11. The Morgan fingerprint density at radius 3 is 2.59 bits per heavy atom. The van der Waals surface area contributed by atoms with E-state index in [0.29, 0.717) is 12.1 Å². The molecule has 1 fully saturated rings. The minimum Gasteiger partial charge on any atom is -0.305 e. The van der Waals surface area contributed by atoms with Gasteiger partial charge in [-0.25, -0.2) is 4.98 Å². The molecule has 2 atom stereocenters. The second-order valence-electron chi connectivity index (χ2n) is 5.38. The molecule has 1 aliphatic rings. The van der Waals surface area contributed by atoms with Crippen molar-refractivity contribution in [1.82, 2.24) is 10.3 Å². The third-order valence-corrected chi connectivity index (χ3v) is 4.97. The van der Waals surface area contributed by atoms with E-state index in [1.165, 1.54) is 42.0 Å². The highest BCUT2D eigenvalue weighted by Crippen LogP contribution is 2.28. The SMILES string of the molecule is Cc1cnc(C(C)NC(C)C2CCCCC2)s1. The van der Waals surface area contributed by atoms with Crippen LogP contribution in [-0.2, 0) is 0 Å². The van der Waals surface area contributed by atoms with Gasteiger partial charge in [0.1, 0.15) is 5.01 Å². The number of hydrogen-bond acceptors (Lipinski definition) is 3. The quantitative estimate of drug-likeness (QED) is 0.873. The molecule has 1 heterocycles. The van der Waals surface area contributed by atoms with Crippen LogP contribution in [0.5, 0.6) is 0 Å². The molecule has 2 nitrogen and oxygen atoms in total. The number of aryl methyl sites for hydroxylation is 1. The van der Waals surface area contributed by atoms with Gasteiger partial charge in [-0.1, -0.05) is 19.3 Å². The van der Waals surface area contributed by atoms with Gasteiger partial charge in [0.2, 0.25) is 0 Å². The number of aromatic nitrogens is 1. The number of rotatable bonds is 4. The molecule has 0 bridgehead atoms. The molecule has 0 spiro atoms. The van der Waals surface area contributed by atoms with E-state index in [9.17, 15) is 0 Å². The molecule has 1 saturated carbocycles. The van der Waals surface area contributed by atoms with E-state index >= 15 is 0 Å². The molecule has 2 rings (SSSR count). The first kappa shape index (κ1) is 13.0. The van der Waals surface area contributed by atoms with E-state index in [4.69, 9.17) is 0 Å². The maximum atomic E-state index is 4.47. The Morgan fingerprint density at radius 1 is 1.29 bits per heavy atom. The summed E-state index contributed by atoms with van der Waals surface area (Å²) in [6, 6.07) is 1.01. The summed E-state index contributed by atoms with van der Waals surface area (Å²) >= 11 is 1.81. The molecular weight excluding hydrogens is 228 g/mol. The molecule has 1 aliphatic carbocycles. The van der Waals surface area contributed by atoms with Crippen molar-refractivity contribution < 1.29 is 0 Å². The molecule has 0 radical (unpaired) electrons. The van der Waals surface area contributed by atoms with Crippen molar-refractivity contribution in [2.75, 3.05) is 0 Å². The van der Waals surface area contributed by atoms with Crippen LogP contribution >= 0.6 is 11.3 Å². The summed E-state index contributed by atoms with van der Waals surface area (Å²) in [5.41, 5.74) is 0. The highest BCUT2D eigenvalue weighted by atomic mass is 32.1. The van der Waals surface area contributed by atoms with Gasteiger partial charge in [-0.3, -0.25) is 0 Å². The predicted octanol–water partition coefficient (Wildman–Crippen LogP) is 4.07. The lowest BCUT2D eigenvalue weighted by Gasteiger charge is -2.30. The van der Waals surface area contributed by atoms with Crippen LogP contribution in [0.25, 0.3) is 0 Å². The second-order valence-corrected chi connectivity index (χ2v) is 6.65. The summed E-state index contributed by atoms with van der Waals surface area (Å²) in [5, 5.41) is 4.95. The summed E-state index contributed by atoms with van der Waals surface area (Å²) in [7, 11) is 0. The molecule has 0 aliphatic heterocycles. The Kier molecular flexibility index (Phi) is 4.57. The summed E-state index contributed by atoms with van der Waals surface area (Å²) < 4.78 is 0. The van der Waals surface area contributed by atoms with Crippen LogP contribution in [0.15, 0.2) is 6.20 Å². The van der Waals surface area contributed by atoms with Crippen molar-refractivity contribution >= 4 is 11.3 Å². The Labute approximate surface area is 109 Å². The maximum Gasteiger partial charge on any atom is 0.109 e. The van der Waals surface area contributed by atoms with E-state index in [2.05, 4.69) is 31.1 Å². The van der Waals surface area contributed by atoms with Gasteiger partial charge in [0.25, 0.3) is 0 Å². The molecular formula is C14H24N2S. The van der Waals surface area contributed by atoms with Crippen LogP contribution in [0.1, 0.15) is 61.9 Å². The zero-order valence-electron chi connectivity index (χ0n) is 11.2. The lowest BCUT2D eigenvalue weighted by molar-refractivity contribution is 0.268. The number of thiazole rings is 1. The lowest BCUT2D eigenvalue weighted by atomic mass is 9.84. The molecule has 0 amide bonds. The van der Waals surface area contributed by atoms with Gasteiger partial charge < -0.3 is 5.32 Å². The fourth-order valence-electron chi connectivity index (χ4n) is 2.81. The number of nitrogens with one attached hydrogen (secondary N) is 1. The molecule has 1 N–H and O–H groups in total. The first-order chi connectivity index (χ1) is 8.16. The Bertz CT molecular complexity index is 342. The van der Waals surface area contributed by atoms with Crippen molar-refractivity contribution in [3.63, 3.8) is 0 Å². The van der Waals surface area contributed by atoms with Crippen LogP contribution < -0.4 is 5.32 Å². The standard InChI is InChI=1S/C14H24N2S/c1-10-9-15-14(17-10)12(3)16-11(2)13-7-5-4-6-8-13/h9,11-13,16H,4-8H2,1-3H3.